The third-order valence-electron chi connectivity index (χ3n) is 4.57. The van der Waals surface area contributed by atoms with Gasteiger partial charge < -0.3 is 4.90 Å². The molecule has 0 N–H and O–H groups in total. The van der Waals surface area contributed by atoms with E-state index in [9.17, 15) is 4.79 Å². The number of amides is 1. The van der Waals surface area contributed by atoms with Crippen LogP contribution in [0.25, 0.3) is 5.69 Å². The minimum Gasteiger partial charge on any atom is -0.335 e. The summed E-state index contributed by atoms with van der Waals surface area (Å²) in [5, 5.41) is 9.54. The number of rotatable bonds is 10. The van der Waals surface area contributed by atoms with Crippen LogP contribution in [0.15, 0.2) is 85.1 Å². The van der Waals surface area contributed by atoms with Crippen molar-refractivity contribution in [3.63, 3.8) is 0 Å². The van der Waals surface area contributed by atoms with E-state index < -0.39 is 0 Å². The lowest BCUT2D eigenvalue weighted by Crippen LogP contribution is -2.32. The smallest absolute Gasteiger partial charge is 0.233 e. The van der Waals surface area contributed by atoms with E-state index in [1.54, 1.807) is 17.1 Å². The van der Waals surface area contributed by atoms with Crippen LogP contribution in [-0.2, 0) is 11.2 Å². The maximum Gasteiger partial charge on any atom is 0.233 e. The summed E-state index contributed by atoms with van der Waals surface area (Å²) in [6.07, 6.45) is 4.10. The molecule has 2 aromatic carbocycles. The first-order chi connectivity index (χ1) is 14.6. The molecule has 0 fully saturated rings. The fraction of sp³-hybridized carbons (Fsp3) is 0.208. The van der Waals surface area contributed by atoms with Gasteiger partial charge in [-0.1, -0.05) is 71.9 Å². The van der Waals surface area contributed by atoms with Crippen LogP contribution in [0.3, 0.4) is 0 Å². The van der Waals surface area contributed by atoms with Gasteiger partial charge >= 0.3 is 0 Å². The Labute approximate surface area is 182 Å². The van der Waals surface area contributed by atoms with Crippen LogP contribution in [0, 0.1) is 6.92 Å². The van der Waals surface area contributed by atoms with Gasteiger partial charge in [0.05, 0.1) is 5.75 Å². The van der Waals surface area contributed by atoms with Crippen molar-refractivity contribution < 1.29 is 4.79 Å². The number of aromatic nitrogens is 3. The molecule has 3 rings (SSSR count). The number of nitrogens with zero attached hydrogens (tertiary/aromatic N) is 4. The van der Waals surface area contributed by atoms with Gasteiger partial charge in [-0.3, -0.25) is 9.36 Å². The summed E-state index contributed by atoms with van der Waals surface area (Å²) in [5.74, 6) is 1.13. The molecule has 30 heavy (non-hydrogen) atoms. The van der Waals surface area contributed by atoms with E-state index in [0.29, 0.717) is 24.7 Å². The molecule has 1 aromatic heterocycles. The highest BCUT2D eigenvalue weighted by Crippen LogP contribution is 2.24. The molecule has 0 aliphatic carbocycles. The Balaban J connectivity index is 1.86. The van der Waals surface area contributed by atoms with E-state index in [0.717, 1.165) is 17.1 Å². The van der Waals surface area contributed by atoms with E-state index in [-0.39, 0.29) is 11.7 Å². The fourth-order valence-corrected chi connectivity index (χ4v) is 3.92. The van der Waals surface area contributed by atoms with E-state index in [1.165, 1.54) is 17.3 Å². The molecule has 154 valence electrons. The lowest BCUT2D eigenvalue weighted by molar-refractivity contribution is -0.127. The maximum absolute atomic E-state index is 12.6. The Morgan fingerprint density at radius 2 is 1.70 bits per heavy atom. The Hall–Kier alpha value is -3.12. The lowest BCUT2D eigenvalue weighted by Gasteiger charge is -2.19. The number of carbonyl (C=O) groups is 1. The minimum atomic E-state index is 0.0165. The molecule has 5 nitrogen and oxygen atoms in total. The van der Waals surface area contributed by atoms with E-state index in [2.05, 4.69) is 66.7 Å². The van der Waals surface area contributed by atoms with Crippen molar-refractivity contribution in [3.05, 3.63) is 96.9 Å². The van der Waals surface area contributed by atoms with Gasteiger partial charge in [0.2, 0.25) is 5.91 Å². The van der Waals surface area contributed by atoms with Crippen molar-refractivity contribution >= 4 is 17.7 Å². The van der Waals surface area contributed by atoms with E-state index in [4.69, 9.17) is 0 Å². The van der Waals surface area contributed by atoms with Crippen LogP contribution < -0.4 is 0 Å². The summed E-state index contributed by atoms with van der Waals surface area (Å²) >= 11 is 1.40. The van der Waals surface area contributed by atoms with Gasteiger partial charge in [0.25, 0.3) is 0 Å². The first-order valence-electron chi connectivity index (χ1n) is 9.80. The molecule has 0 aliphatic rings. The molecular formula is C24H26N4OS. The van der Waals surface area contributed by atoms with Gasteiger partial charge in [-0.15, -0.1) is 23.4 Å². The standard InChI is InChI=1S/C24H26N4OS/c1-4-15-27(16-5-2)23(29)18-30-24-26-25-22(17-20-9-7-6-8-10-20)28(24)21-13-11-19(3)12-14-21/h4-14H,1-2,15-18H2,3H3. The average Bonchev–Trinajstić information content (AvgIpc) is 3.15. The number of carbonyl (C=O) groups excluding carboxylic acids is 1. The number of thioether (sulfide) groups is 1. The van der Waals surface area contributed by atoms with Crippen molar-refractivity contribution in [2.45, 2.75) is 18.5 Å². The van der Waals surface area contributed by atoms with Crippen LogP contribution in [0.4, 0.5) is 0 Å². The molecule has 0 saturated carbocycles. The zero-order chi connectivity index (χ0) is 21.3. The van der Waals surface area contributed by atoms with Crippen LogP contribution in [0.5, 0.6) is 0 Å². The number of aryl methyl sites for hydroxylation is 1. The normalized spacial score (nSPS) is 10.6. The summed E-state index contributed by atoms with van der Waals surface area (Å²) in [7, 11) is 0. The van der Waals surface area contributed by atoms with Gasteiger partial charge in [-0.05, 0) is 24.6 Å². The molecule has 0 atom stereocenters. The van der Waals surface area contributed by atoms with Gasteiger partial charge in [-0.2, -0.15) is 0 Å². The Bertz CT molecular complexity index is 986. The molecule has 0 bridgehead atoms. The molecule has 0 aliphatic heterocycles. The van der Waals surface area contributed by atoms with Gasteiger partial charge in [0.1, 0.15) is 5.82 Å². The molecule has 1 heterocycles. The van der Waals surface area contributed by atoms with Gasteiger partial charge in [-0.25, -0.2) is 0 Å². The minimum absolute atomic E-state index is 0.0165. The van der Waals surface area contributed by atoms with Crippen molar-refractivity contribution in [3.8, 4) is 5.69 Å². The van der Waals surface area contributed by atoms with Crippen LogP contribution >= 0.6 is 11.8 Å². The largest absolute Gasteiger partial charge is 0.335 e. The third kappa shape index (κ3) is 5.48. The quantitative estimate of drug-likeness (QED) is 0.360. The summed E-state index contributed by atoms with van der Waals surface area (Å²) < 4.78 is 2.04. The first-order valence-corrected chi connectivity index (χ1v) is 10.8. The number of hydrogen-bond donors (Lipinski definition) is 0. The van der Waals surface area contributed by atoms with Crippen molar-refractivity contribution in [1.82, 2.24) is 19.7 Å². The molecule has 0 radical (unpaired) electrons. The predicted octanol–water partition coefficient (Wildman–Crippen LogP) is 4.46. The zero-order valence-electron chi connectivity index (χ0n) is 17.2. The van der Waals surface area contributed by atoms with Crippen molar-refractivity contribution in [2.24, 2.45) is 0 Å². The molecule has 3 aromatic rings. The Kier molecular flexibility index (Phi) is 7.63. The average molecular weight is 419 g/mol. The zero-order valence-corrected chi connectivity index (χ0v) is 18.0. The van der Waals surface area contributed by atoms with Gasteiger partial charge in [0.15, 0.2) is 5.16 Å². The third-order valence-corrected chi connectivity index (χ3v) is 5.49. The second kappa shape index (κ2) is 10.6. The summed E-state index contributed by atoms with van der Waals surface area (Å²) in [4.78, 5) is 14.4. The summed E-state index contributed by atoms with van der Waals surface area (Å²) in [5.41, 5.74) is 3.33. The molecular weight excluding hydrogens is 392 g/mol. The maximum atomic E-state index is 12.6. The topological polar surface area (TPSA) is 51.0 Å². The molecule has 0 spiro atoms. The summed E-state index contributed by atoms with van der Waals surface area (Å²) in [6.45, 7) is 10.5. The second-order valence-corrected chi connectivity index (χ2v) is 7.84. The first kappa shape index (κ1) is 21.6. The summed E-state index contributed by atoms with van der Waals surface area (Å²) in [6, 6.07) is 18.4. The van der Waals surface area contributed by atoms with E-state index >= 15 is 0 Å². The van der Waals surface area contributed by atoms with E-state index in [1.807, 2.05) is 22.8 Å². The number of benzene rings is 2. The highest BCUT2D eigenvalue weighted by molar-refractivity contribution is 7.99. The van der Waals surface area contributed by atoms with Crippen molar-refractivity contribution in [1.29, 1.82) is 0 Å². The highest BCUT2D eigenvalue weighted by atomic mass is 32.2. The molecule has 0 saturated heterocycles. The Morgan fingerprint density at radius 1 is 1.03 bits per heavy atom. The van der Waals surface area contributed by atoms with Crippen LogP contribution in [-0.4, -0.2) is 44.4 Å². The fourth-order valence-electron chi connectivity index (χ4n) is 3.05. The SMILES string of the molecule is C=CCN(CC=C)C(=O)CSc1nnc(Cc2ccccc2)n1-c1ccc(C)cc1. The molecule has 6 heteroatoms. The van der Waals surface area contributed by atoms with Crippen LogP contribution in [0.2, 0.25) is 0 Å². The highest BCUT2D eigenvalue weighted by Gasteiger charge is 2.18. The van der Waals surface area contributed by atoms with Crippen molar-refractivity contribution in [2.75, 3.05) is 18.8 Å². The Morgan fingerprint density at radius 3 is 2.33 bits per heavy atom. The van der Waals surface area contributed by atoms with Crippen LogP contribution in [0.1, 0.15) is 17.0 Å². The van der Waals surface area contributed by atoms with Gasteiger partial charge in [0, 0.05) is 25.2 Å². The molecule has 0 unspecified atom stereocenters. The molecule has 1 amide bonds. The number of hydrogen-bond acceptors (Lipinski definition) is 4. The predicted molar refractivity (Wildman–Crippen MR) is 123 cm³/mol. The monoisotopic (exact) mass is 418 g/mol. The second-order valence-electron chi connectivity index (χ2n) is 6.90. The lowest BCUT2D eigenvalue weighted by atomic mass is 10.1.